The predicted octanol–water partition coefficient (Wildman–Crippen LogP) is -1.91. The van der Waals surface area contributed by atoms with Crippen molar-refractivity contribution in [1.82, 2.24) is 25.5 Å². The smallest absolute Gasteiger partial charge is 0.326 e. The van der Waals surface area contributed by atoms with Gasteiger partial charge in [0.15, 0.2) is 0 Å². The van der Waals surface area contributed by atoms with E-state index in [2.05, 4.69) is 20.6 Å². The van der Waals surface area contributed by atoms with Crippen molar-refractivity contribution in [3.8, 4) is 0 Å². The molecule has 1 fully saturated rings. The highest BCUT2D eigenvalue weighted by Gasteiger charge is 2.38. The van der Waals surface area contributed by atoms with Crippen LogP contribution < -0.4 is 22.1 Å². The van der Waals surface area contributed by atoms with Gasteiger partial charge in [0.1, 0.15) is 18.1 Å². The fraction of sp³-hybridized carbons (Fsp3) is 0.632. The van der Waals surface area contributed by atoms with Crippen molar-refractivity contribution in [3.05, 3.63) is 18.2 Å². The van der Waals surface area contributed by atoms with Gasteiger partial charge in [-0.1, -0.05) is 0 Å². The molecular formula is C19H31N7O5. The van der Waals surface area contributed by atoms with Crippen LogP contribution in [0.3, 0.4) is 0 Å². The number of unbranched alkanes of at least 4 members (excludes halogenated alkanes) is 1. The van der Waals surface area contributed by atoms with Crippen LogP contribution in [0.4, 0.5) is 0 Å². The number of amides is 3. The Kier molecular flexibility index (Phi) is 9.40. The van der Waals surface area contributed by atoms with E-state index in [9.17, 15) is 24.3 Å². The number of aliphatic carboxylic acids is 1. The lowest BCUT2D eigenvalue weighted by Gasteiger charge is -2.28. The number of rotatable bonds is 12. The third-order valence-corrected chi connectivity index (χ3v) is 5.20. The van der Waals surface area contributed by atoms with Crippen LogP contribution in [0, 0.1) is 0 Å². The third-order valence-electron chi connectivity index (χ3n) is 5.20. The molecule has 0 aliphatic carbocycles. The average Bonchev–Trinajstić information content (AvgIpc) is 3.44. The number of aromatic nitrogens is 2. The lowest BCUT2D eigenvalue weighted by atomic mass is 10.1. The summed E-state index contributed by atoms with van der Waals surface area (Å²) < 4.78 is 0. The van der Waals surface area contributed by atoms with E-state index in [0.29, 0.717) is 50.9 Å². The number of nitrogens with zero attached hydrogens (tertiary/aromatic N) is 2. The molecule has 12 heteroatoms. The highest BCUT2D eigenvalue weighted by molar-refractivity contribution is 5.94. The normalized spacial score (nSPS) is 17.7. The standard InChI is InChI=1S/C19H31N7O5/c20-6-2-1-4-13(24-16(27)9-21)17(28)25-14(8-12-10-22-11-23-12)18(29)26-7-3-5-15(26)19(30)31/h10-11,13-15H,1-9,20-21H2,(H,22,23)(H,24,27)(H,25,28)(H,30,31). The van der Waals surface area contributed by atoms with Crippen LogP contribution in [0.1, 0.15) is 37.8 Å². The molecule has 0 aromatic carbocycles. The van der Waals surface area contributed by atoms with Crippen molar-refractivity contribution >= 4 is 23.7 Å². The first-order chi connectivity index (χ1) is 14.9. The summed E-state index contributed by atoms with van der Waals surface area (Å²) in [6, 6.07) is -2.82. The second-order valence-corrected chi connectivity index (χ2v) is 7.48. The summed E-state index contributed by atoms with van der Waals surface area (Å²) in [5, 5.41) is 14.7. The molecule has 31 heavy (non-hydrogen) atoms. The second kappa shape index (κ2) is 12.0. The molecule has 1 saturated heterocycles. The Morgan fingerprint density at radius 1 is 1.23 bits per heavy atom. The van der Waals surface area contributed by atoms with E-state index in [0.717, 1.165) is 0 Å². The number of hydrogen-bond acceptors (Lipinski definition) is 7. The lowest BCUT2D eigenvalue weighted by Crippen LogP contribution is -2.56. The molecule has 0 spiro atoms. The summed E-state index contributed by atoms with van der Waals surface area (Å²) in [4.78, 5) is 57.5. The first-order valence-corrected chi connectivity index (χ1v) is 10.4. The van der Waals surface area contributed by atoms with Gasteiger partial charge in [0.2, 0.25) is 17.7 Å². The molecule has 0 radical (unpaired) electrons. The van der Waals surface area contributed by atoms with Crippen molar-refractivity contribution in [2.45, 2.75) is 56.7 Å². The Balaban J connectivity index is 2.17. The molecule has 3 amide bonds. The van der Waals surface area contributed by atoms with Crippen molar-refractivity contribution in [1.29, 1.82) is 0 Å². The SMILES string of the molecule is NCCCCC(NC(=O)CN)C(=O)NC(Cc1cnc[nH]1)C(=O)N1CCCC1C(=O)O. The van der Waals surface area contributed by atoms with E-state index in [4.69, 9.17) is 11.5 Å². The Morgan fingerprint density at radius 2 is 2.00 bits per heavy atom. The minimum absolute atomic E-state index is 0.105. The maximum atomic E-state index is 13.2. The average molecular weight is 438 g/mol. The van der Waals surface area contributed by atoms with Gasteiger partial charge < -0.3 is 37.1 Å². The predicted molar refractivity (Wildman–Crippen MR) is 110 cm³/mol. The lowest BCUT2D eigenvalue weighted by molar-refractivity contribution is -0.149. The highest BCUT2D eigenvalue weighted by atomic mass is 16.4. The zero-order chi connectivity index (χ0) is 22.8. The molecule has 0 saturated carbocycles. The number of nitrogens with one attached hydrogen (secondary N) is 3. The maximum absolute atomic E-state index is 13.2. The van der Waals surface area contributed by atoms with E-state index >= 15 is 0 Å². The van der Waals surface area contributed by atoms with Gasteiger partial charge in [0, 0.05) is 24.9 Å². The quantitative estimate of drug-likeness (QED) is 0.203. The fourth-order valence-corrected chi connectivity index (χ4v) is 3.59. The van der Waals surface area contributed by atoms with Crippen LogP contribution in [0.2, 0.25) is 0 Å². The summed E-state index contributed by atoms with van der Waals surface area (Å²) in [6.07, 6.45) is 5.63. The van der Waals surface area contributed by atoms with E-state index < -0.39 is 41.8 Å². The van der Waals surface area contributed by atoms with Crippen LogP contribution in [0.25, 0.3) is 0 Å². The molecule has 1 aliphatic heterocycles. The Hall–Kier alpha value is -2.99. The van der Waals surface area contributed by atoms with Crippen LogP contribution in [0.5, 0.6) is 0 Å². The van der Waals surface area contributed by atoms with Crippen LogP contribution in [0.15, 0.2) is 12.5 Å². The monoisotopic (exact) mass is 437 g/mol. The number of carboxylic acids is 1. The number of hydrogen-bond donors (Lipinski definition) is 6. The second-order valence-electron chi connectivity index (χ2n) is 7.48. The highest BCUT2D eigenvalue weighted by Crippen LogP contribution is 2.19. The summed E-state index contributed by atoms with van der Waals surface area (Å²) in [5.74, 6) is -2.59. The largest absolute Gasteiger partial charge is 0.480 e. The van der Waals surface area contributed by atoms with E-state index in [-0.39, 0.29) is 13.0 Å². The molecule has 2 heterocycles. The van der Waals surface area contributed by atoms with Crippen molar-refractivity contribution in [2.24, 2.45) is 11.5 Å². The number of carbonyl (C=O) groups is 4. The zero-order valence-electron chi connectivity index (χ0n) is 17.4. The summed E-state index contributed by atoms with van der Waals surface area (Å²) in [7, 11) is 0. The minimum Gasteiger partial charge on any atom is -0.480 e. The molecule has 3 unspecified atom stereocenters. The van der Waals surface area contributed by atoms with E-state index in [1.54, 1.807) is 0 Å². The van der Waals surface area contributed by atoms with Crippen molar-refractivity contribution < 1.29 is 24.3 Å². The molecular weight excluding hydrogens is 406 g/mol. The van der Waals surface area contributed by atoms with E-state index in [1.165, 1.54) is 17.4 Å². The zero-order valence-corrected chi connectivity index (χ0v) is 17.4. The molecule has 1 aromatic rings. The van der Waals surface area contributed by atoms with Crippen molar-refractivity contribution in [2.75, 3.05) is 19.6 Å². The van der Waals surface area contributed by atoms with Gasteiger partial charge in [-0.25, -0.2) is 9.78 Å². The van der Waals surface area contributed by atoms with E-state index in [1.807, 2.05) is 0 Å². The molecule has 3 atom stereocenters. The molecule has 0 bridgehead atoms. The Morgan fingerprint density at radius 3 is 2.61 bits per heavy atom. The number of H-pyrrole nitrogens is 1. The number of imidazole rings is 1. The molecule has 8 N–H and O–H groups in total. The summed E-state index contributed by atoms with van der Waals surface area (Å²) in [6.45, 7) is 0.478. The number of carboxylic acid groups (broad SMARTS) is 1. The topological polar surface area (TPSA) is 197 Å². The number of likely N-dealkylation sites (tertiary alicyclic amines) is 1. The van der Waals surface area contributed by atoms with Gasteiger partial charge in [0.05, 0.1) is 12.9 Å². The minimum atomic E-state index is -1.08. The van der Waals surface area contributed by atoms with Gasteiger partial charge in [-0.05, 0) is 38.6 Å². The number of carbonyl (C=O) groups excluding carboxylic acids is 3. The Labute approximate surface area is 180 Å². The maximum Gasteiger partial charge on any atom is 0.326 e. The molecule has 172 valence electrons. The summed E-state index contributed by atoms with van der Waals surface area (Å²) in [5.41, 5.74) is 11.5. The van der Waals surface area contributed by atoms with Crippen molar-refractivity contribution in [3.63, 3.8) is 0 Å². The van der Waals surface area contributed by atoms with Gasteiger partial charge >= 0.3 is 5.97 Å². The Bertz CT molecular complexity index is 755. The van der Waals surface area contributed by atoms with Gasteiger partial charge in [0.25, 0.3) is 0 Å². The first kappa shape index (κ1) is 24.3. The number of aromatic amines is 1. The molecule has 2 rings (SSSR count). The fourth-order valence-electron chi connectivity index (χ4n) is 3.59. The molecule has 1 aliphatic rings. The molecule has 1 aromatic heterocycles. The molecule has 12 nitrogen and oxygen atoms in total. The third kappa shape index (κ3) is 7.03. The summed E-state index contributed by atoms with van der Waals surface area (Å²) >= 11 is 0. The van der Waals surface area contributed by atoms with Gasteiger partial charge in [-0.15, -0.1) is 0 Å². The van der Waals surface area contributed by atoms with Gasteiger partial charge in [-0.3, -0.25) is 14.4 Å². The number of nitrogens with two attached hydrogens (primary N) is 2. The first-order valence-electron chi connectivity index (χ1n) is 10.4. The van der Waals surface area contributed by atoms with Crippen LogP contribution in [-0.2, 0) is 25.6 Å². The van der Waals surface area contributed by atoms with Gasteiger partial charge in [-0.2, -0.15) is 0 Å². The van der Waals surface area contributed by atoms with Crippen LogP contribution in [-0.4, -0.2) is 81.4 Å². The van der Waals surface area contributed by atoms with Crippen LogP contribution >= 0.6 is 0 Å².